The van der Waals surface area contributed by atoms with Gasteiger partial charge in [0, 0.05) is 13.2 Å². The van der Waals surface area contributed by atoms with Crippen LogP contribution in [0.1, 0.15) is 30.9 Å². The molecule has 0 bridgehead atoms. The lowest BCUT2D eigenvalue weighted by Crippen LogP contribution is -2.39. The molecule has 1 unspecified atom stereocenters. The summed E-state index contributed by atoms with van der Waals surface area (Å²) in [7, 11) is 1.45. The first-order valence-corrected chi connectivity index (χ1v) is 7.22. The zero-order valence-electron chi connectivity index (χ0n) is 12.2. The third-order valence-corrected chi connectivity index (χ3v) is 3.64. The molecule has 1 fully saturated rings. The topological polar surface area (TPSA) is 47.6 Å². The predicted octanol–water partition coefficient (Wildman–Crippen LogP) is 2.26. The lowest BCUT2D eigenvalue weighted by molar-refractivity contribution is -0.143. The zero-order valence-corrected chi connectivity index (χ0v) is 12.2. The Hall–Kier alpha value is -1.39. The molecule has 1 aromatic rings. The number of esters is 1. The van der Waals surface area contributed by atoms with Crippen LogP contribution in [0, 0.1) is 5.92 Å². The molecule has 0 radical (unpaired) electrons. The summed E-state index contributed by atoms with van der Waals surface area (Å²) in [5.74, 6) is 0.274. The minimum Gasteiger partial charge on any atom is -0.468 e. The maximum Gasteiger partial charge on any atom is 0.323 e. The van der Waals surface area contributed by atoms with Crippen LogP contribution in [0.15, 0.2) is 24.3 Å². The summed E-state index contributed by atoms with van der Waals surface area (Å²) < 4.78 is 10.3. The molecule has 110 valence electrons. The van der Waals surface area contributed by atoms with E-state index in [0.717, 1.165) is 12.8 Å². The molecule has 0 spiro atoms. The fourth-order valence-corrected chi connectivity index (χ4v) is 2.30. The van der Waals surface area contributed by atoms with E-state index in [1.807, 2.05) is 19.1 Å². The van der Waals surface area contributed by atoms with E-state index in [-0.39, 0.29) is 12.0 Å². The van der Waals surface area contributed by atoms with E-state index >= 15 is 0 Å². The molecule has 1 aliphatic carbocycles. The highest BCUT2D eigenvalue weighted by Crippen LogP contribution is 2.33. The molecule has 0 amide bonds. The molecule has 4 nitrogen and oxygen atoms in total. The standard InChI is InChI=1S/C16H23NO3/c1-3-20-11-14-7-5-4-6-13(14)10-17-15(12-8-9-12)16(18)19-2/h4-7,12,15,17H,3,8-11H2,1-2H3. The third-order valence-electron chi connectivity index (χ3n) is 3.64. The van der Waals surface area contributed by atoms with Crippen LogP contribution >= 0.6 is 0 Å². The van der Waals surface area contributed by atoms with Gasteiger partial charge in [0.1, 0.15) is 6.04 Å². The molecule has 0 saturated heterocycles. The number of benzene rings is 1. The Bertz CT molecular complexity index is 443. The third kappa shape index (κ3) is 4.05. The molecule has 1 saturated carbocycles. The van der Waals surface area contributed by atoms with Crippen molar-refractivity contribution in [3.63, 3.8) is 0 Å². The number of hydrogen-bond acceptors (Lipinski definition) is 4. The van der Waals surface area contributed by atoms with Gasteiger partial charge in [-0.1, -0.05) is 24.3 Å². The normalized spacial score (nSPS) is 15.9. The van der Waals surface area contributed by atoms with Gasteiger partial charge < -0.3 is 14.8 Å². The molecule has 1 N–H and O–H groups in total. The summed E-state index contributed by atoms with van der Waals surface area (Å²) in [6, 6.07) is 7.98. The first-order chi connectivity index (χ1) is 9.76. The van der Waals surface area contributed by atoms with Gasteiger partial charge in [0.25, 0.3) is 0 Å². The lowest BCUT2D eigenvalue weighted by atomic mass is 10.1. The summed E-state index contributed by atoms with van der Waals surface area (Å²) in [4.78, 5) is 11.8. The van der Waals surface area contributed by atoms with Gasteiger partial charge in [0.15, 0.2) is 0 Å². The Morgan fingerprint density at radius 2 is 2.05 bits per heavy atom. The minimum atomic E-state index is -0.180. The molecule has 1 atom stereocenters. The molecular weight excluding hydrogens is 254 g/mol. The first kappa shape index (κ1) is 15.0. The van der Waals surface area contributed by atoms with Crippen molar-refractivity contribution < 1.29 is 14.3 Å². The van der Waals surface area contributed by atoms with Gasteiger partial charge in [0.2, 0.25) is 0 Å². The van der Waals surface area contributed by atoms with Gasteiger partial charge in [0.05, 0.1) is 13.7 Å². The van der Waals surface area contributed by atoms with Crippen LogP contribution < -0.4 is 5.32 Å². The van der Waals surface area contributed by atoms with Crippen molar-refractivity contribution in [2.24, 2.45) is 5.92 Å². The van der Waals surface area contributed by atoms with Crippen molar-refractivity contribution in [2.45, 2.75) is 39.0 Å². The van der Waals surface area contributed by atoms with E-state index in [2.05, 4.69) is 17.4 Å². The molecule has 4 heteroatoms. The lowest BCUT2D eigenvalue weighted by Gasteiger charge is -2.17. The SMILES string of the molecule is CCOCc1ccccc1CNC(C(=O)OC)C1CC1. The van der Waals surface area contributed by atoms with Gasteiger partial charge in [-0.15, -0.1) is 0 Å². The monoisotopic (exact) mass is 277 g/mol. The van der Waals surface area contributed by atoms with Crippen LogP contribution in [0.25, 0.3) is 0 Å². The molecule has 2 rings (SSSR count). The molecular formula is C16H23NO3. The van der Waals surface area contributed by atoms with Gasteiger partial charge in [-0.25, -0.2) is 0 Å². The van der Waals surface area contributed by atoms with Gasteiger partial charge >= 0.3 is 5.97 Å². The second-order valence-electron chi connectivity index (χ2n) is 5.13. The summed E-state index contributed by atoms with van der Waals surface area (Å²) in [6.07, 6.45) is 2.21. The van der Waals surface area contributed by atoms with Crippen LogP contribution in [0.2, 0.25) is 0 Å². The van der Waals surface area contributed by atoms with Crippen LogP contribution in [0.3, 0.4) is 0 Å². The van der Waals surface area contributed by atoms with Crippen LogP contribution in [-0.4, -0.2) is 25.7 Å². The second kappa shape index (κ2) is 7.41. The van der Waals surface area contributed by atoms with Crippen molar-refractivity contribution in [3.8, 4) is 0 Å². The van der Waals surface area contributed by atoms with Crippen molar-refractivity contribution in [2.75, 3.05) is 13.7 Å². The highest BCUT2D eigenvalue weighted by molar-refractivity contribution is 5.76. The van der Waals surface area contributed by atoms with Crippen molar-refractivity contribution in [1.82, 2.24) is 5.32 Å². The smallest absolute Gasteiger partial charge is 0.323 e. The fraction of sp³-hybridized carbons (Fsp3) is 0.562. The average Bonchev–Trinajstić information content (AvgIpc) is 3.30. The van der Waals surface area contributed by atoms with E-state index in [4.69, 9.17) is 9.47 Å². The maximum atomic E-state index is 11.8. The Balaban J connectivity index is 1.96. The van der Waals surface area contributed by atoms with Crippen LogP contribution in [0.5, 0.6) is 0 Å². The van der Waals surface area contributed by atoms with Crippen molar-refractivity contribution >= 4 is 5.97 Å². The molecule has 0 aromatic heterocycles. The highest BCUT2D eigenvalue weighted by atomic mass is 16.5. The largest absolute Gasteiger partial charge is 0.468 e. The van der Waals surface area contributed by atoms with E-state index in [1.54, 1.807) is 0 Å². The van der Waals surface area contributed by atoms with Gasteiger partial charge in [-0.2, -0.15) is 0 Å². The van der Waals surface area contributed by atoms with Crippen molar-refractivity contribution in [1.29, 1.82) is 0 Å². The molecule has 0 heterocycles. The quantitative estimate of drug-likeness (QED) is 0.740. The number of nitrogens with one attached hydrogen (secondary N) is 1. The summed E-state index contributed by atoms with van der Waals surface area (Å²) >= 11 is 0. The van der Waals surface area contributed by atoms with Crippen molar-refractivity contribution in [3.05, 3.63) is 35.4 Å². The Morgan fingerprint density at radius 1 is 1.35 bits per heavy atom. The zero-order chi connectivity index (χ0) is 14.4. The number of ether oxygens (including phenoxy) is 2. The van der Waals surface area contributed by atoms with E-state index in [0.29, 0.717) is 25.7 Å². The Morgan fingerprint density at radius 3 is 2.65 bits per heavy atom. The van der Waals surface area contributed by atoms with Gasteiger partial charge in [-0.05, 0) is 36.8 Å². The average molecular weight is 277 g/mol. The Kier molecular flexibility index (Phi) is 5.56. The number of hydrogen-bond donors (Lipinski definition) is 1. The number of methoxy groups -OCH3 is 1. The summed E-state index contributed by atoms with van der Waals surface area (Å²) in [5.41, 5.74) is 2.34. The van der Waals surface area contributed by atoms with Crippen LogP contribution in [-0.2, 0) is 27.4 Å². The van der Waals surface area contributed by atoms with E-state index in [1.165, 1.54) is 18.2 Å². The van der Waals surface area contributed by atoms with E-state index in [9.17, 15) is 4.79 Å². The molecule has 1 aliphatic rings. The molecule has 1 aromatic carbocycles. The fourth-order valence-electron chi connectivity index (χ4n) is 2.30. The maximum absolute atomic E-state index is 11.8. The first-order valence-electron chi connectivity index (χ1n) is 7.22. The minimum absolute atomic E-state index is 0.158. The number of carbonyl (C=O) groups is 1. The summed E-state index contributed by atoms with van der Waals surface area (Å²) in [5, 5.41) is 3.34. The van der Waals surface area contributed by atoms with Gasteiger partial charge in [-0.3, -0.25) is 4.79 Å². The predicted molar refractivity (Wildman–Crippen MR) is 77.1 cm³/mol. The Labute approximate surface area is 120 Å². The van der Waals surface area contributed by atoms with E-state index < -0.39 is 0 Å². The molecule has 0 aliphatic heterocycles. The highest BCUT2D eigenvalue weighted by Gasteiger charge is 2.36. The van der Waals surface area contributed by atoms with Crippen LogP contribution in [0.4, 0.5) is 0 Å². The number of carbonyl (C=O) groups excluding carboxylic acids is 1. The second-order valence-corrected chi connectivity index (χ2v) is 5.13. The number of rotatable bonds is 8. The molecule has 20 heavy (non-hydrogen) atoms. The summed E-state index contributed by atoms with van der Waals surface area (Å²) in [6.45, 7) is 3.97.